The van der Waals surface area contributed by atoms with Gasteiger partial charge in [0.15, 0.2) is 0 Å². The van der Waals surface area contributed by atoms with Crippen LogP contribution in [0.15, 0.2) is 16.7 Å². The average Bonchev–Trinajstić information content (AvgIpc) is 2.78. The largest absolute Gasteiger partial charge is 0.481 e. The number of hydrogen-bond donors (Lipinski definition) is 1. The number of aryl methyl sites for hydroxylation is 1. The molecule has 0 aromatic carbocycles. The zero-order valence-corrected chi connectivity index (χ0v) is 13.1. The maximum atomic E-state index is 12.5. The van der Waals surface area contributed by atoms with Gasteiger partial charge in [0.2, 0.25) is 0 Å². The molecular weight excluding hydrogens is 272 g/mol. The summed E-state index contributed by atoms with van der Waals surface area (Å²) in [5.74, 6) is -0.0369. The molecule has 0 saturated heterocycles. The zero-order chi connectivity index (χ0) is 16.0. The first-order chi connectivity index (χ1) is 9.82. The van der Waals surface area contributed by atoms with Gasteiger partial charge in [-0.25, -0.2) is 4.79 Å². The van der Waals surface area contributed by atoms with E-state index in [0.717, 1.165) is 11.3 Å². The fourth-order valence-electron chi connectivity index (χ4n) is 2.09. The van der Waals surface area contributed by atoms with Crippen molar-refractivity contribution in [2.24, 2.45) is 0 Å². The van der Waals surface area contributed by atoms with Gasteiger partial charge in [-0.15, -0.1) is 0 Å². The monoisotopic (exact) mass is 296 g/mol. The van der Waals surface area contributed by atoms with Gasteiger partial charge < -0.3 is 19.3 Å². The quantitative estimate of drug-likeness (QED) is 0.839. The Labute approximate surface area is 125 Å². The number of carbonyl (C=O) groups is 2. The molecule has 0 aliphatic heterocycles. The molecule has 0 unspecified atom stereocenters. The van der Waals surface area contributed by atoms with Gasteiger partial charge in [-0.05, 0) is 33.3 Å². The second-order valence-corrected chi connectivity index (χ2v) is 5.43. The van der Waals surface area contributed by atoms with Crippen LogP contribution in [-0.4, -0.2) is 46.5 Å². The van der Waals surface area contributed by atoms with Gasteiger partial charge in [0.05, 0.1) is 12.8 Å². The number of hydrogen-bond acceptors (Lipinski definition) is 3. The van der Waals surface area contributed by atoms with E-state index in [-0.39, 0.29) is 18.5 Å². The van der Waals surface area contributed by atoms with Crippen molar-refractivity contribution < 1.29 is 19.1 Å². The normalized spacial score (nSPS) is 10.7. The van der Waals surface area contributed by atoms with E-state index < -0.39 is 5.97 Å². The Kier molecular flexibility index (Phi) is 6.27. The van der Waals surface area contributed by atoms with Gasteiger partial charge >= 0.3 is 12.0 Å². The molecule has 118 valence electrons. The SMILES string of the molecule is Cc1occc1CN(C)C(=O)N(CCCC(=O)O)C(C)C. The van der Waals surface area contributed by atoms with Crippen molar-refractivity contribution in [3.8, 4) is 0 Å². The lowest BCUT2D eigenvalue weighted by Crippen LogP contribution is -2.45. The number of carboxylic acid groups (broad SMARTS) is 1. The third kappa shape index (κ3) is 5.13. The number of aliphatic carboxylic acids is 1. The van der Waals surface area contributed by atoms with E-state index >= 15 is 0 Å². The molecule has 0 bridgehead atoms. The van der Waals surface area contributed by atoms with Gasteiger partial charge in [0.1, 0.15) is 5.76 Å². The highest BCUT2D eigenvalue weighted by atomic mass is 16.4. The molecule has 1 N–H and O–H groups in total. The van der Waals surface area contributed by atoms with E-state index in [1.165, 1.54) is 0 Å². The third-order valence-electron chi connectivity index (χ3n) is 3.36. The van der Waals surface area contributed by atoms with Crippen LogP contribution in [0, 0.1) is 6.92 Å². The van der Waals surface area contributed by atoms with Gasteiger partial charge in [0.25, 0.3) is 0 Å². The molecule has 0 fully saturated rings. The Morgan fingerprint density at radius 2 is 2.05 bits per heavy atom. The van der Waals surface area contributed by atoms with Gasteiger partial charge in [0, 0.05) is 31.6 Å². The van der Waals surface area contributed by atoms with Crippen molar-refractivity contribution in [1.82, 2.24) is 9.80 Å². The molecular formula is C15H24N2O4. The summed E-state index contributed by atoms with van der Waals surface area (Å²) in [7, 11) is 1.74. The van der Waals surface area contributed by atoms with Crippen LogP contribution in [0.25, 0.3) is 0 Å². The number of amides is 2. The fourth-order valence-corrected chi connectivity index (χ4v) is 2.09. The highest BCUT2D eigenvalue weighted by Crippen LogP contribution is 2.13. The standard InChI is InChI=1S/C15H24N2O4/c1-11(2)17(8-5-6-14(18)19)15(20)16(4)10-13-7-9-21-12(13)3/h7,9,11H,5-6,8,10H2,1-4H3,(H,18,19). The second-order valence-electron chi connectivity index (χ2n) is 5.43. The van der Waals surface area contributed by atoms with Crippen molar-refractivity contribution in [1.29, 1.82) is 0 Å². The van der Waals surface area contributed by atoms with Gasteiger partial charge in [-0.2, -0.15) is 0 Å². The maximum absolute atomic E-state index is 12.5. The molecule has 2 amide bonds. The van der Waals surface area contributed by atoms with Crippen molar-refractivity contribution in [3.05, 3.63) is 23.7 Å². The first kappa shape index (κ1) is 17.1. The highest BCUT2D eigenvalue weighted by molar-refractivity contribution is 5.74. The zero-order valence-electron chi connectivity index (χ0n) is 13.1. The molecule has 21 heavy (non-hydrogen) atoms. The summed E-state index contributed by atoms with van der Waals surface area (Å²) in [5, 5.41) is 8.69. The van der Waals surface area contributed by atoms with E-state index in [9.17, 15) is 9.59 Å². The van der Waals surface area contributed by atoms with Crippen molar-refractivity contribution in [2.45, 2.75) is 46.2 Å². The summed E-state index contributed by atoms with van der Waals surface area (Å²) >= 11 is 0. The fraction of sp³-hybridized carbons (Fsp3) is 0.600. The summed E-state index contributed by atoms with van der Waals surface area (Å²) in [5.41, 5.74) is 0.972. The van der Waals surface area contributed by atoms with Crippen molar-refractivity contribution >= 4 is 12.0 Å². The van der Waals surface area contributed by atoms with E-state index in [1.54, 1.807) is 23.1 Å². The number of carboxylic acids is 1. The second kappa shape index (κ2) is 7.71. The minimum Gasteiger partial charge on any atom is -0.481 e. The van der Waals surface area contributed by atoms with Crippen LogP contribution in [0.3, 0.4) is 0 Å². The summed E-state index contributed by atoms with van der Waals surface area (Å²) in [6.45, 7) is 6.63. The lowest BCUT2D eigenvalue weighted by Gasteiger charge is -2.31. The minimum atomic E-state index is -0.839. The Balaban J connectivity index is 2.62. The molecule has 1 heterocycles. The Morgan fingerprint density at radius 3 is 2.52 bits per heavy atom. The molecule has 0 spiro atoms. The van der Waals surface area contributed by atoms with Crippen LogP contribution in [-0.2, 0) is 11.3 Å². The molecule has 0 radical (unpaired) electrons. The highest BCUT2D eigenvalue weighted by Gasteiger charge is 2.21. The van der Waals surface area contributed by atoms with Crippen molar-refractivity contribution in [2.75, 3.05) is 13.6 Å². The van der Waals surface area contributed by atoms with Crippen LogP contribution in [0.4, 0.5) is 4.79 Å². The predicted octanol–water partition coefficient (Wildman–Crippen LogP) is 2.72. The van der Waals surface area contributed by atoms with E-state index in [1.807, 2.05) is 26.8 Å². The molecule has 6 nitrogen and oxygen atoms in total. The molecule has 0 aliphatic rings. The summed E-state index contributed by atoms with van der Waals surface area (Å²) < 4.78 is 5.23. The number of rotatable bonds is 7. The van der Waals surface area contributed by atoms with Crippen LogP contribution in [0.5, 0.6) is 0 Å². The van der Waals surface area contributed by atoms with Crippen LogP contribution in [0.2, 0.25) is 0 Å². The predicted molar refractivity (Wildman–Crippen MR) is 79.0 cm³/mol. The van der Waals surface area contributed by atoms with E-state index in [0.29, 0.717) is 19.5 Å². The molecule has 6 heteroatoms. The first-order valence-corrected chi connectivity index (χ1v) is 7.09. The smallest absolute Gasteiger partial charge is 0.320 e. The molecule has 1 rings (SSSR count). The molecule has 0 aliphatic carbocycles. The van der Waals surface area contributed by atoms with Crippen LogP contribution >= 0.6 is 0 Å². The van der Waals surface area contributed by atoms with Gasteiger partial charge in [-0.1, -0.05) is 0 Å². The van der Waals surface area contributed by atoms with E-state index in [4.69, 9.17) is 9.52 Å². The number of carbonyl (C=O) groups excluding carboxylic acids is 1. The number of furan rings is 1. The van der Waals surface area contributed by atoms with Crippen LogP contribution < -0.4 is 0 Å². The van der Waals surface area contributed by atoms with E-state index in [2.05, 4.69) is 0 Å². The summed E-state index contributed by atoms with van der Waals surface area (Å²) in [6.07, 6.45) is 2.13. The molecule has 0 saturated carbocycles. The molecule has 0 atom stereocenters. The number of urea groups is 1. The summed E-state index contributed by atoms with van der Waals surface area (Å²) in [6, 6.07) is 1.78. The van der Waals surface area contributed by atoms with Gasteiger partial charge in [-0.3, -0.25) is 4.79 Å². The Hall–Kier alpha value is -1.98. The third-order valence-corrected chi connectivity index (χ3v) is 3.36. The Bertz CT molecular complexity index is 482. The lowest BCUT2D eigenvalue weighted by molar-refractivity contribution is -0.137. The molecule has 1 aromatic heterocycles. The van der Waals surface area contributed by atoms with Crippen LogP contribution in [0.1, 0.15) is 38.0 Å². The lowest BCUT2D eigenvalue weighted by atomic mass is 10.2. The topological polar surface area (TPSA) is 74.0 Å². The average molecular weight is 296 g/mol. The summed E-state index contributed by atoms with van der Waals surface area (Å²) in [4.78, 5) is 26.4. The minimum absolute atomic E-state index is 0.0270. The Morgan fingerprint density at radius 1 is 1.38 bits per heavy atom. The number of nitrogens with zero attached hydrogens (tertiary/aromatic N) is 2. The maximum Gasteiger partial charge on any atom is 0.320 e. The van der Waals surface area contributed by atoms with Crippen molar-refractivity contribution in [3.63, 3.8) is 0 Å². The molecule has 1 aromatic rings. The first-order valence-electron chi connectivity index (χ1n) is 7.09.